The number of unbranched alkanes of at least 4 members (excludes halogenated alkanes) is 13. The molecule has 1 heterocycles. The maximum Gasteiger partial charge on any atom is 0.252 e. The van der Waals surface area contributed by atoms with Gasteiger partial charge in [-0.3, -0.25) is 4.79 Å². The van der Waals surface area contributed by atoms with Gasteiger partial charge < -0.3 is 34.0 Å². The molecular weight excluding hydrogens is 607 g/mol. The van der Waals surface area contributed by atoms with Crippen molar-refractivity contribution in [2.45, 2.75) is 123 Å². The summed E-state index contributed by atoms with van der Waals surface area (Å²) in [4.78, 5) is 12.4. The first kappa shape index (κ1) is 34.7. The number of nitrogens with one attached hydrogen (secondary N) is 1. The van der Waals surface area contributed by atoms with E-state index in [2.05, 4.69) is 23.7 Å². The number of ether oxygens (including phenoxy) is 1. The van der Waals surface area contributed by atoms with Crippen LogP contribution in [-0.4, -0.2) is 12.5 Å². The molecule has 0 unspecified atom stereocenters. The monoisotopic (exact) mass is 656 g/mol. The largest absolute Gasteiger partial charge is 1.00 e. The summed E-state index contributed by atoms with van der Waals surface area (Å²) < 4.78 is 7.98. The highest BCUT2D eigenvalue weighted by Crippen LogP contribution is 2.26. The molecular formula is C32H50ClIN2O2. The minimum Gasteiger partial charge on any atom is -1.00 e. The highest BCUT2D eigenvalue weighted by atomic mass is 127. The van der Waals surface area contributed by atoms with Crippen molar-refractivity contribution in [2.75, 3.05) is 6.61 Å². The first-order chi connectivity index (χ1) is 18.1. The summed E-state index contributed by atoms with van der Waals surface area (Å²) in [5.74, 6) is 0.632. The molecule has 0 saturated carbocycles. The molecule has 0 atom stereocenters. The van der Waals surface area contributed by atoms with Gasteiger partial charge in [0.2, 0.25) is 0 Å². The smallest absolute Gasteiger partial charge is 0.252 e. The van der Waals surface area contributed by atoms with Crippen LogP contribution in [0.2, 0.25) is 5.02 Å². The van der Waals surface area contributed by atoms with Crippen molar-refractivity contribution in [3.63, 3.8) is 0 Å². The Morgan fingerprint density at radius 2 is 1.34 bits per heavy atom. The van der Waals surface area contributed by atoms with Crippen LogP contribution >= 0.6 is 11.6 Å². The lowest BCUT2D eigenvalue weighted by Gasteiger charge is -2.10. The molecule has 2 rings (SSSR count). The van der Waals surface area contributed by atoms with E-state index in [-0.39, 0.29) is 29.9 Å². The first-order valence-corrected chi connectivity index (χ1v) is 15.2. The molecule has 1 aromatic carbocycles. The zero-order valence-electron chi connectivity index (χ0n) is 23.8. The Morgan fingerprint density at radius 3 is 1.87 bits per heavy atom. The van der Waals surface area contributed by atoms with E-state index < -0.39 is 0 Å². The third-order valence-electron chi connectivity index (χ3n) is 6.84. The summed E-state index contributed by atoms with van der Waals surface area (Å²) in [6, 6.07) is 9.46. The van der Waals surface area contributed by atoms with Crippen LogP contribution < -0.4 is 38.6 Å². The van der Waals surface area contributed by atoms with Gasteiger partial charge in [0.15, 0.2) is 12.4 Å². The van der Waals surface area contributed by atoms with Crippen molar-refractivity contribution in [1.82, 2.24) is 5.32 Å². The third-order valence-corrected chi connectivity index (χ3v) is 7.14. The summed E-state index contributed by atoms with van der Waals surface area (Å²) in [6.45, 7) is 6.49. The molecule has 2 aromatic rings. The second-order valence-electron chi connectivity index (χ2n) is 10.2. The quantitative estimate of drug-likeness (QED) is 0.104. The van der Waals surface area contributed by atoms with E-state index in [9.17, 15) is 4.79 Å². The Labute approximate surface area is 254 Å². The van der Waals surface area contributed by atoms with Crippen LogP contribution in [0, 0.1) is 0 Å². The number of pyridine rings is 1. The summed E-state index contributed by atoms with van der Waals surface area (Å²) in [5.41, 5.74) is 1.62. The van der Waals surface area contributed by atoms with Gasteiger partial charge in [0.25, 0.3) is 5.91 Å². The Morgan fingerprint density at radius 1 is 0.789 bits per heavy atom. The predicted molar refractivity (Wildman–Crippen MR) is 155 cm³/mol. The van der Waals surface area contributed by atoms with Gasteiger partial charge in [0, 0.05) is 25.1 Å². The molecule has 0 aliphatic carbocycles. The number of rotatable bonds is 21. The SMILES string of the molecule is CCCCCCCCCCCCCCCCOc1ccc(CNC(=O)c2cc[n+](CCC)cc2)cc1Cl.[I-]. The highest BCUT2D eigenvalue weighted by molar-refractivity contribution is 6.32. The minimum atomic E-state index is -0.0853. The maximum absolute atomic E-state index is 12.4. The van der Waals surface area contributed by atoms with Gasteiger partial charge in [-0.05, 0) is 24.1 Å². The van der Waals surface area contributed by atoms with Crippen molar-refractivity contribution in [1.29, 1.82) is 0 Å². The number of carbonyl (C=O) groups excluding carboxylic acids is 1. The standard InChI is InChI=1S/C32H49ClN2O2.HI/c1-3-5-6-7-8-9-10-11-12-13-14-15-16-17-25-37-31-19-18-28(26-30(31)33)27-34-32(36)29-20-23-35(22-4-2)24-21-29;/h18-21,23-24,26H,3-17,22,25,27H2,1-2H3;1H. The number of halogens is 2. The molecule has 1 aromatic heterocycles. The topological polar surface area (TPSA) is 42.2 Å². The maximum atomic E-state index is 12.4. The molecule has 0 aliphatic heterocycles. The van der Waals surface area contributed by atoms with Crippen LogP contribution in [0.5, 0.6) is 5.75 Å². The molecule has 214 valence electrons. The molecule has 0 fully saturated rings. The molecule has 1 amide bonds. The average molecular weight is 657 g/mol. The molecule has 0 spiro atoms. The summed E-state index contributed by atoms with van der Waals surface area (Å²) >= 11 is 6.43. The Kier molecular flexibility index (Phi) is 20.5. The fourth-order valence-electron chi connectivity index (χ4n) is 4.55. The Bertz CT molecular complexity index is 876. The normalized spacial score (nSPS) is 10.7. The van der Waals surface area contributed by atoms with Gasteiger partial charge in [-0.1, -0.05) is 115 Å². The van der Waals surface area contributed by atoms with Crippen molar-refractivity contribution >= 4 is 17.5 Å². The van der Waals surface area contributed by atoms with E-state index in [0.717, 1.165) is 30.7 Å². The van der Waals surface area contributed by atoms with Crippen LogP contribution in [0.15, 0.2) is 42.7 Å². The lowest BCUT2D eigenvalue weighted by atomic mass is 10.0. The number of hydrogen-bond donors (Lipinski definition) is 1. The predicted octanol–water partition coefficient (Wildman–Crippen LogP) is 5.83. The zero-order chi connectivity index (χ0) is 26.6. The molecule has 0 radical (unpaired) electrons. The van der Waals surface area contributed by atoms with Crippen molar-refractivity contribution < 1.29 is 38.1 Å². The van der Waals surface area contributed by atoms with Gasteiger partial charge >= 0.3 is 0 Å². The van der Waals surface area contributed by atoms with Crippen molar-refractivity contribution in [3.05, 3.63) is 58.9 Å². The molecule has 6 heteroatoms. The van der Waals surface area contributed by atoms with E-state index in [1.807, 2.05) is 42.7 Å². The van der Waals surface area contributed by atoms with Crippen LogP contribution in [0.3, 0.4) is 0 Å². The lowest BCUT2D eigenvalue weighted by Crippen LogP contribution is -3.00. The van der Waals surface area contributed by atoms with Crippen molar-refractivity contribution in [2.24, 2.45) is 0 Å². The Balaban J connectivity index is 0.00000722. The molecule has 1 N–H and O–H groups in total. The van der Waals surface area contributed by atoms with E-state index in [0.29, 0.717) is 23.7 Å². The molecule has 4 nitrogen and oxygen atoms in total. The summed E-state index contributed by atoms with van der Waals surface area (Å²) in [6.07, 6.45) is 23.8. The zero-order valence-corrected chi connectivity index (χ0v) is 26.7. The molecule has 0 saturated heterocycles. The van der Waals surface area contributed by atoms with E-state index in [1.165, 1.54) is 83.5 Å². The highest BCUT2D eigenvalue weighted by Gasteiger charge is 2.09. The number of benzene rings is 1. The number of carbonyl (C=O) groups is 1. The summed E-state index contributed by atoms with van der Waals surface area (Å²) in [7, 11) is 0. The number of aromatic nitrogens is 1. The van der Waals surface area contributed by atoms with Gasteiger partial charge in [-0.15, -0.1) is 0 Å². The van der Waals surface area contributed by atoms with Crippen LogP contribution in [0.4, 0.5) is 0 Å². The van der Waals surface area contributed by atoms with Gasteiger partial charge in [0.05, 0.1) is 17.2 Å². The van der Waals surface area contributed by atoms with Crippen LogP contribution in [-0.2, 0) is 13.1 Å². The minimum absolute atomic E-state index is 0. The molecule has 0 aliphatic rings. The number of aryl methyl sites for hydroxylation is 1. The second-order valence-corrected chi connectivity index (χ2v) is 10.6. The van der Waals surface area contributed by atoms with E-state index in [1.54, 1.807) is 0 Å². The second kappa shape index (κ2) is 22.5. The number of amides is 1. The first-order valence-electron chi connectivity index (χ1n) is 14.8. The van der Waals surface area contributed by atoms with E-state index >= 15 is 0 Å². The summed E-state index contributed by atoms with van der Waals surface area (Å²) in [5, 5.41) is 3.56. The third kappa shape index (κ3) is 15.3. The van der Waals surface area contributed by atoms with Gasteiger partial charge in [-0.2, -0.15) is 0 Å². The Hall–Kier alpha value is -1.34. The van der Waals surface area contributed by atoms with Gasteiger partial charge in [0.1, 0.15) is 12.3 Å². The fraction of sp³-hybridized carbons (Fsp3) is 0.625. The van der Waals surface area contributed by atoms with E-state index in [4.69, 9.17) is 16.3 Å². The number of nitrogens with zero attached hydrogens (tertiary/aromatic N) is 1. The van der Waals surface area contributed by atoms with Crippen LogP contribution in [0.1, 0.15) is 126 Å². The van der Waals surface area contributed by atoms with Crippen molar-refractivity contribution in [3.8, 4) is 5.75 Å². The van der Waals surface area contributed by atoms with Gasteiger partial charge in [-0.25, -0.2) is 4.57 Å². The fourth-order valence-corrected chi connectivity index (χ4v) is 4.81. The molecule has 38 heavy (non-hydrogen) atoms. The lowest BCUT2D eigenvalue weighted by molar-refractivity contribution is -0.697. The average Bonchev–Trinajstić information content (AvgIpc) is 2.91. The van der Waals surface area contributed by atoms with Crippen LogP contribution in [0.25, 0.3) is 0 Å². The number of hydrogen-bond acceptors (Lipinski definition) is 2. The molecule has 0 bridgehead atoms.